The Bertz CT molecular complexity index is 719. The van der Waals surface area contributed by atoms with Crippen molar-refractivity contribution in [2.24, 2.45) is 11.8 Å². The molecule has 3 rings (SSSR count). The molecule has 0 aromatic carbocycles. The Hall–Kier alpha value is -1.12. The lowest BCUT2D eigenvalue weighted by molar-refractivity contribution is 0.497. The van der Waals surface area contributed by atoms with Gasteiger partial charge in [-0.25, -0.2) is 18.1 Å². The summed E-state index contributed by atoms with van der Waals surface area (Å²) in [6.45, 7) is 2.68. The predicted molar refractivity (Wildman–Crippen MR) is 79.2 cm³/mol. The minimum absolute atomic E-state index is 0.0554. The number of nitrogens with one attached hydrogen (secondary N) is 1. The van der Waals surface area contributed by atoms with E-state index in [1.165, 1.54) is 22.2 Å². The second-order valence-electron chi connectivity index (χ2n) is 5.49. The van der Waals surface area contributed by atoms with E-state index in [0.717, 1.165) is 12.8 Å². The number of aromatic nitrogens is 2. The average molecular weight is 314 g/mol. The average Bonchev–Trinajstić information content (AvgIpc) is 3.02. The Balaban J connectivity index is 1.81. The molecule has 0 spiro atoms. The first-order valence-corrected chi connectivity index (χ1v) is 9.04. The molecule has 1 fully saturated rings. The van der Waals surface area contributed by atoms with E-state index in [1.807, 2.05) is 0 Å². The molecule has 1 aliphatic rings. The van der Waals surface area contributed by atoms with Crippen LogP contribution in [0.3, 0.4) is 0 Å². The van der Waals surface area contributed by atoms with Gasteiger partial charge in [-0.15, -0.1) is 11.3 Å². The molecule has 0 amide bonds. The normalized spacial score (nSPS) is 23.6. The highest BCUT2D eigenvalue weighted by Crippen LogP contribution is 2.30. The van der Waals surface area contributed by atoms with Crippen LogP contribution in [-0.2, 0) is 10.0 Å². The summed E-state index contributed by atoms with van der Waals surface area (Å²) in [5, 5.41) is 1.85. The van der Waals surface area contributed by atoms with Crippen LogP contribution in [0.5, 0.6) is 0 Å². The zero-order valence-electron chi connectivity index (χ0n) is 11.2. The first kappa shape index (κ1) is 13.8. The molecule has 1 saturated carbocycles. The molecule has 0 bridgehead atoms. The van der Waals surface area contributed by atoms with E-state index < -0.39 is 10.0 Å². The van der Waals surface area contributed by atoms with Crippen LogP contribution < -0.4 is 10.5 Å². The summed E-state index contributed by atoms with van der Waals surface area (Å²) >= 11 is 1.36. The maximum atomic E-state index is 12.4. The van der Waals surface area contributed by atoms with Gasteiger partial charge in [-0.2, -0.15) is 0 Å². The smallest absolute Gasteiger partial charge is 0.260 e. The maximum Gasteiger partial charge on any atom is 0.260 e. The zero-order chi connectivity index (χ0) is 14.3. The van der Waals surface area contributed by atoms with Gasteiger partial charge >= 0.3 is 0 Å². The van der Waals surface area contributed by atoms with Crippen molar-refractivity contribution in [1.82, 2.24) is 14.1 Å². The third kappa shape index (κ3) is 2.43. The van der Waals surface area contributed by atoms with E-state index in [1.54, 1.807) is 11.6 Å². The lowest BCUT2D eigenvalue weighted by Crippen LogP contribution is -2.30. The fourth-order valence-electron chi connectivity index (χ4n) is 2.86. The first-order valence-electron chi connectivity index (χ1n) is 6.68. The number of imidazole rings is 1. The van der Waals surface area contributed by atoms with E-state index in [0.29, 0.717) is 23.3 Å². The largest absolute Gasteiger partial charge is 0.381 e. The van der Waals surface area contributed by atoms with Crippen molar-refractivity contribution in [2.75, 3.05) is 12.3 Å². The summed E-state index contributed by atoms with van der Waals surface area (Å²) in [6, 6.07) is 0. The van der Waals surface area contributed by atoms with Crippen molar-refractivity contribution in [3.63, 3.8) is 0 Å². The molecule has 2 atom stereocenters. The highest BCUT2D eigenvalue weighted by atomic mass is 32.2. The van der Waals surface area contributed by atoms with Gasteiger partial charge in [0, 0.05) is 18.1 Å². The predicted octanol–water partition coefficient (Wildman–Crippen LogP) is 1.69. The molecule has 0 aliphatic heterocycles. The molecule has 1 aliphatic carbocycles. The van der Waals surface area contributed by atoms with E-state index >= 15 is 0 Å². The summed E-state index contributed by atoms with van der Waals surface area (Å²) in [5.74, 6) is 1.17. The molecule has 20 heavy (non-hydrogen) atoms. The van der Waals surface area contributed by atoms with Gasteiger partial charge in [-0.3, -0.25) is 4.40 Å². The van der Waals surface area contributed by atoms with Crippen molar-refractivity contribution in [1.29, 1.82) is 0 Å². The van der Waals surface area contributed by atoms with Gasteiger partial charge in [-0.05, 0) is 24.7 Å². The number of nitrogens with two attached hydrogens (primary N) is 1. The zero-order valence-corrected chi connectivity index (χ0v) is 12.9. The van der Waals surface area contributed by atoms with E-state index in [9.17, 15) is 8.42 Å². The molecule has 3 N–H and O–H groups in total. The van der Waals surface area contributed by atoms with Crippen molar-refractivity contribution in [2.45, 2.75) is 31.2 Å². The van der Waals surface area contributed by atoms with Gasteiger partial charge in [0.2, 0.25) is 0 Å². The minimum Gasteiger partial charge on any atom is -0.381 e. The molecule has 110 valence electrons. The van der Waals surface area contributed by atoms with Gasteiger partial charge in [0.05, 0.1) is 0 Å². The van der Waals surface area contributed by atoms with E-state index in [2.05, 4.69) is 16.6 Å². The fraction of sp³-hybridized carbons (Fsp3) is 0.583. The Morgan fingerprint density at radius 1 is 1.55 bits per heavy atom. The second kappa shape index (κ2) is 5.01. The van der Waals surface area contributed by atoms with Gasteiger partial charge in [0.25, 0.3) is 10.0 Å². The second-order valence-corrected chi connectivity index (χ2v) is 8.05. The molecule has 2 unspecified atom stereocenters. The third-order valence-corrected chi connectivity index (χ3v) is 6.08. The van der Waals surface area contributed by atoms with Crippen LogP contribution in [0, 0.1) is 11.8 Å². The number of anilines is 1. The Kier molecular flexibility index (Phi) is 3.47. The van der Waals surface area contributed by atoms with Crippen LogP contribution in [-0.4, -0.2) is 24.3 Å². The van der Waals surface area contributed by atoms with Crippen LogP contribution >= 0.6 is 11.3 Å². The number of hydrogen-bond donors (Lipinski definition) is 2. The number of rotatable bonds is 4. The Morgan fingerprint density at radius 3 is 3.05 bits per heavy atom. The summed E-state index contributed by atoms with van der Waals surface area (Å²) < 4.78 is 29.0. The molecule has 6 nitrogen and oxygen atoms in total. The third-order valence-electron chi connectivity index (χ3n) is 3.86. The number of nitrogen functional groups attached to an aromatic ring is 1. The molecule has 2 heterocycles. The summed E-state index contributed by atoms with van der Waals surface area (Å²) in [6.07, 6.45) is 5.02. The SMILES string of the molecule is CC1CCC(CNS(=O)(=O)c2c(N)nc3sccn23)C1. The summed E-state index contributed by atoms with van der Waals surface area (Å²) in [4.78, 5) is 4.67. The number of sulfonamides is 1. The highest BCUT2D eigenvalue weighted by Gasteiger charge is 2.27. The van der Waals surface area contributed by atoms with Gasteiger partial charge in [0.1, 0.15) is 0 Å². The first-order chi connectivity index (χ1) is 9.47. The number of nitrogens with zero attached hydrogens (tertiary/aromatic N) is 2. The molecule has 2 aromatic rings. The van der Waals surface area contributed by atoms with Crippen molar-refractivity contribution in [3.8, 4) is 0 Å². The van der Waals surface area contributed by atoms with Crippen LogP contribution in [0.2, 0.25) is 0 Å². The van der Waals surface area contributed by atoms with Gasteiger partial charge in [-0.1, -0.05) is 13.3 Å². The Labute approximate surface area is 122 Å². The lowest BCUT2D eigenvalue weighted by Gasteiger charge is -2.11. The van der Waals surface area contributed by atoms with Crippen LogP contribution in [0.15, 0.2) is 16.6 Å². The molecular weight excluding hydrogens is 296 g/mol. The summed E-state index contributed by atoms with van der Waals surface area (Å²) in [5.41, 5.74) is 5.75. The standard InChI is InChI=1S/C12H18N4O2S2/c1-8-2-3-9(6-8)7-14-20(17,18)11-10(13)15-12-16(11)4-5-19-12/h4-5,8-9,14H,2-3,6-7,13H2,1H3. The minimum atomic E-state index is -3.62. The van der Waals surface area contributed by atoms with Crippen LogP contribution in [0.1, 0.15) is 26.2 Å². The Morgan fingerprint density at radius 2 is 2.35 bits per heavy atom. The number of thiazole rings is 1. The fourth-order valence-corrected chi connectivity index (χ4v) is 4.95. The van der Waals surface area contributed by atoms with Crippen LogP contribution in [0.4, 0.5) is 5.82 Å². The number of hydrogen-bond acceptors (Lipinski definition) is 5. The molecule has 2 aromatic heterocycles. The molecular formula is C12H18N4O2S2. The van der Waals surface area contributed by atoms with E-state index in [-0.39, 0.29) is 10.8 Å². The van der Waals surface area contributed by atoms with Crippen LogP contribution in [0.25, 0.3) is 4.96 Å². The van der Waals surface area contributed by atoms with Gasteiger partial charge in [0.15, 0.2) is 15.8 Å². The monoisotopic (exact) mass is 314 g/mol. The quantitative estimate of drug-likeness (QED) is 0.898. The topological polar surface area (TPSA) is 89.5 Å². The maximum absolute atomic E-state index is 12.4. The van der Waals surface area contributed by atoms with Gasteiger partial charge < -0.3 is 5.73 Å². The van der Waals surface area contributed by atoms with E-state index in [4.69, 9.17) is 5.73 Å². The number of fused-ring (bicyclic) bond motifs is 1. The molecule has 0 saturated heterocycles. The van der Waals surface area contributed by atoms with Crippen molar-refractivity contribution >= 4 is 32.1 Å². The molecule has 8 heteroatoms. The summed E-state index contributed by atoms with van der Waals surface area (Å²) in [7, 11) is -3.62. The van der Waals surface area contributed by atoms with Crippen molar-refractivity contribution < 1.29 is 8.42 Å². The highest BCUT2D eigenvalue weighted by molar-refractivity contribution is 7.89. The van der Waals surface area contributed by atoms with Crippen molar-refractivity contribution in [3.05, 3.63) is 11.6 Å². The lowest BCUT2D eigenvalue weighted by atomic mass is 10.1. The molecule has 0 radical (unpaired) electrons.